The molecule has 0 N–H and O–H groups in total. The third-order valence-electron chi connectivity index (χ3n) is 20.8. The van der Waals surface area contributed by atoms with Crippen molar-refractivity contribution in [2.45, 2.75) is 83.1 Å². The van der Waals surface area contributed by atoms with Gasteiger partial charge >= 0.3 is 0 Å². The molecule has 0 aliphatic rings. The summed E-state index contributed by atoms with van der Waals surface area (Å²) in [7, 11) is 0. The molecule has 12 aromatic carbocycles. The van der Waals surface area contributed by atoms with Gasteiger partial charge in [0.15, 0.2) is 0 Å². The minimum atomic E-state index is 0. The normalized spacial score (nSPS) is 9.97. The number of aromatic nitrogens is 8. The second kappa shape index (κ2) is 55.3. The fourth-order valence-corrected chi connectivity index (χ4v) is 14.6. The van der Waals surface area contributed by atoms with Crippen molar-refractivity contribution in [2.75, 3.05) is 0 Å². The van der Waals surface area contributed by atoms with E-state index in [-0.39, 0.29) is 80.4 Å². The Morgan fingerprint density at radius 3 is 0.787 bits per heavy atom. The molecule has 0 atom stereocenters. The van der Waals surface area contributed by atoms with Crippen molar-refractivity contribution in [3.63, 3.8) is 0 Å². The van der Waals surface area contributed by atoms with Crippen LogP contribution in [-0.4, -0.2) is 39.9 Å². The van der Waals surface area contributed by atoms with Crippen LogP contribution in [0, 0.1) is 132 Å². The van der Waals surface area contributed by atoms with E-state index >= 15 is 0 Å². The predicted molar refractivity (Wildman–Crippen MR) is 547 cm³/mol. The second-order valence-corrected chi connectivity index (χ2v) is 32.3. The summed E-state index contributed by atoms with van der Waals surface area (Å²) in [5, 5.41) is 0. The van der Waals surface area contributed by atoms with Crippen LogP contribution in [0.3, 0.4) is 0 Å². The van der Waals surface area contributed by atoms with E-state index in [0.717, 1.165) is 90.1 Å². The monoisotopic (exact) mass is 2480 g/mol. The van der Waals surface area contributed by atoms with Gasteiger partial charge in [-0.2, -0.15) is 0 Å². The van der Waals surface area contributed by atoms with E-state index < -0.39 is 0 Å². The van der Waals surface area contributed by atoms with Crippen LogP contribution in [0.4, 0.5) is 0 Å². The van der Waals surface area contributed by atoms with Crippen LogP contribution in [0.15, 0.2) is 414 Å². The molecule has 0 amide bonds. The van der Waals surface area contributed by atoms with Crippen LogP contribution in [0.1, 0.15) is 66.8 Å². The van der Waals surface area contributed by atoms with Crippen LogP contribution < -0.4 is 0 Å². The Hall–Kier alpha value is -13.6. The Bertz CT molecular complexity index is 6420. The van der Waals surface area contributed by atoms with E-state index in [1.807, 2.05) is 256 Å². The van der Waals surface area contributed by atoms with Crippen molar-refractivity contribution in [1.82, 2.24) is 39.9 Å². The molecule has 0 saturated carbocycles. The molecule has 136 heavy (non-hydrogen) atoms. The molecule has 8 aromatic heterocycles. The van der Waals surface area contributed by atoms with Crippen molar-refractivity contribution in [1.29, 1.82) is 0 Å². The van der Waals surface area contributed by atoms with Gasteiger partial charge in [0.25, 0.3) is 0 Å². The summed E-state index contributed by atoms with van der Waals surface area (Å²) >= 11 is 0. The van der Waals surface area contributed by atoms with Gasteiger partial charge in [-0.1, -0.05) is 233 Å². The minimum absolute atomic E-state index is 0. The molecule has 0 aliphatic carbocycles. The first kappa shape index (κ1) is 106. The first-order valence-corrected chi connectivity index (χ1v) is 44.0. The Kier molecular flexibility index (Phi) is 43.2. The molecule has 4 radical (unpaired) electrons. The van der Waals surface area contributed by atoms with E-state index in [4.69, 9.17) is 0 Å². The van der Waals surface area contributed by atoms with E-state index in [1.54, 1.807) is 18.6 Å². The van der Waals surface area contributed by atoms with Crippen molar-refractivity contribution in [3.05, 3.63) is 529 Å². The maximum absolute atomic E-state index is 4.45. The summed E-state index contributed by atoms with van der Waals surface area (Å²) in [4.78, 5) is 34.7. The fraction of sp³-hybridized carbons (Fsp3) is 0.0968. The van der Waals surface area contributed by atoms with Gasteiger partial charge in [-0.05, 0) is 185 Å². The molecule has 0 saturated heterocycles. The Morgan fingerprint density at radius 1 is 0.147 bits per heavy atom. The van der Waals surface area contributed by atoms with Gasteiger partial charge in [0.2, 0.25) is 0 Å². The molecule has 0 bridgehead atoms. The Balaban J connectivity index is 0.000000175. The SMILES string of the molecule is Cc1c[c-]c(-c2ccccn2)cc1.Cc1cc(C)cc(-c2c[c-]c(-c3ccccn3)cc2)c1.Cc1cc(C)cc(-c2cc[c-]c(-c3ccccn3)c2)c1.Cc1cc(C)cc(-c2cc[c-]c(-c3ccccn3)c2)c1.Cc1cc(C)cc(-c2ccnc(-c3[c-]cccc3)c2)c1.Cc1cc[c-]c(-c2ccccn2)c1.Cc1ccc(-c2[c-]cccc2)nc1.Cc1ccnc(-c2[c-]cccc2)c1.[Ir].[Ir].[Ir].[Ir]. The maximum atomic E-state index is 4.45. The van der Waals surface area contributed by atoms with Crippen LogP contribution in [0.5, 0.6) is 0 Å². The Labute approximate surface area is 859 Å². The van der Waals surface area contributed by atoms with Crippen LogP contribution in [0.2, 0.25) is 0 Å². The van der Waals surface area contributed by atoms with Crippen molar-refractivity contribution < 1.29 is 80.4 Å². The molecule has 8 heterocycles. The number of pyridine rings is 8. The number of hydrogen-bond acceptors (Lipinski definition) is 8. The minimum Gasteiger partial charge on any atom is -0.305 e. The molecule has 0 fully saturated rings. The van der Waals surface area contributed by atoms with E-state index in [2.05, 4.69) is 310 Å². The first-order valence-electron chi connectivity index (χ1n) is 44.0. The average Bonchev–Trinajstić information content (AvgIpc) is 0.819. The molecule has 0 aliphatic heterocycles. The number of aryl methyl sites for hydroxylation is 12. The summed E-state index contributed by atoms with van der Waals surface area (Å²) in [6.07, 6.45) is 14.6. The summed E-state index contributed by atoms with van der Waals surface area (Å²) in [5.41, 5.74) is 41.0. The molecule has 0 spiro atoms. The van der Waals surface area contributed by atoms with Crippen molar-refractivity contribution >= 4 is 0 Å². The van der Waals surface area contributed by atoms with Crippen molar-refractivity contribution in [3.8, 4) is 135 Å². The van der Waals surface area contributed by atoms with E-state index in [1.165, 1.54) is 111 Å². The zero-order valence-electron chi connectivity index (χ0n) is 78.2. The first-order chi connectivity index (χ1) is 64.3. The fourth-order valence-electron chi connectivity index (χ4n) is 14.6. The van der Waals surface area contributed by atoms with Gasteiger partial charge in [-0.25, -0.2) is 0 Å². The van der Waals surface area contributed by atoms with Gasteiger partial charge in [-0.3, -0.25) is 0 Å². The molecular formula is C124H104Ir4N8-8. The average molecular weight is 2480 g/mol. The summed E-state index contributed by atoms with van der Waals surface area (Å²) < 4.78 is 0. The standard InChI is InChI=1S/4C19H16N.4C12H10N.4Ir/c2*1-14-10-15(2)12-18(11-14)16-6-5-7-17(13-16)19-8-3-4-9-20-19;1-14-11-15(2)13-18(12-14)16-6-8-17(9-7-16)19-5-3-4-10-20-19;1-14-10-15(2)12-18(11-14)17-8-9-20-19(13-17)16-6-4-3-5-7-16;1-10-5-4-6-11(9-10)12-7-2-3-8-13-12;1-10-5-7-11(8-6-10)12-4-2-3-9-13-12;1-10-7-8-13-12(9-10)11-5-3-2-4-6-11;1-10-7-8-12(13-9-10)11-5-3-2-4-6-11;;;;/h2*3-6,8-13H,1-2H3;3-8,10-13H,1-2H3;3-6,8-13H,1-2H3;2-5,7-9H,1H3;2-7,9H,1H3;2*2-5,7-9H,1H3;;;;/q8*-1;;;;. The molecule has 12 heteroatoms. The largest absolute Gasteiger partial charge is 0.305 e. The molecule has 8 nitrogen and oxygen atoms in total. The molecule has 20 aromatic rings. The van der Waals surface area contributed by atoms with Crippen LogP contribution in [-0.2, 0) is 80.4 Å². The third kappa shape index (κ3) is 33.5. The summed E-state index contributed by atoms with van der Waals surface area (Å²) in [6.45, 7) is 25.3. The predicted octanol–water partition coefficient (Wildman–Crippen LogP) is 30.7. The number of nitrogens with zero attached hydrogens (tertiary/aromatic N) is 8. The Morgan fingerprint density at radius 2 is 0.449 bits per heavy atom. The maximum Gasteiger partial charge on any atom is 0.0190 e. The van der Waals surface area contributed by atoms with Crippen molar-refractivity contribution in [2.24, 2.45) is 0 Å². The third-order valence-corrected chi connectivity index (χ3v) is 20.8. The zero-order valence-corrected chi connectivity index (χ0v) is 87.8. The van der Waals surface area contributed by atoms with Gasteiger partial charge in [0.05, 0.1) is 0 Å². The quantitative estimate of drug-likeness (QED) is 0.111. The van der Waals surface area contributed by atoms with Crippen LogP contribution in [0.25, 0.3) is 135 Å². The van der Waals surface area contributed by atoms with Crippen LogP contribution >= 0.6 is 0 Å². The number of rotatable bonds is 12. The molecule has 0 unspecified atom stereocenters. The topological polar surface area (TPSA) is 103 Å². The summed E-state index contributed by atoms with van der Waals surface area (Å²) in [5.74, 6) is 0. The van der Waals surface area contributed by atoms with Gasteiger partial charge in [0, 0.05) is 130 Å². The van der Waals surface area contributed by atoms with Gasteiger partial charge < -0.3 is 39.9 Å². The molecular weight excluding hydrogens is 2370 g/mol. The molecule has 684 valence electrons. The van der Waals surface area contributed by atoms with Gasteiger partial charge in [0.1, 0.15) is 0 Å². The van der Waals surface area contributed by atoms with E-state index in [0.29, 0.717) is 0 Å². The number of hydrogen-bond donors (Lipinski definition) is 0. The summed E-state index contributed by atoms with van der Waals surface area (Å²) in [6, 6.07) is 149. The molecule has 20 rings (SSSR count). The smallest absolute Gasteiger partial charge is 0.0190 e. The number of benzene rings is 12. The second-order valence-electron chi connectivity index (χ2n) is 32.3. The van der Waals surface area contributed by atoms with Gasteiger partial charge in [-0.15, -0.1) is 279 Å². The van der Waals surface area contributed by atoms with E-state index in [9.17, 15) is 0 Å². The zero-order chi connectivity index (χ0) is 92.2.